The van der Waals surface area contributed by atoms with E-state index in [2.05, 4.69) is 6.07 Å². The average Bonchev–Trinajstić information content (AvgIpc) is 2.93. The minimum absolute atomic E-state index is 0.234. The number of allylic oxidation sites excluding steroid dienone is 1. The third-order valence-electron chi connectivity index (χ3n) is 2.99. The predicted molar refractivity (Wildman–Crippen MR) is 77.5 cm³/mol. The molecule has 0 N–H and O–H groups in total. The first-order chi connectivity index (χ1) is 9.78. The van der Waals surface area contributed by atoms with Gasteiger partial charge in [0.05, 0.1) is 11.6 Å². The van der Waals surface area contributed by atoms with Crippen LogP contribution in [0.3, 0.4) is 0 Å². The number of ether oxygens (including phenoxy) is 2. The van der Waals surface area contributed by atoms with Crippen molar-refractivity contribution in [2.24, 2.45) is 0 Å². The van der Waals surface area contributed by atoms with Gasteiger partial charge in [-0.05, 0) is 29.8 Å². The Bertz CT molecular complexity index is 731. The van der Waals surface area contributed by atoms with E-state index in [9.17, 15) is 5.26 Å². The number of rotatable bonds is 2. The summed E-state index contributed by atoms with van der Waals surface area (Å²) in [6, 6.07) is 15.0. The lowest BCUT2D eigenvalue weighted by molar-refractivity contribution is 0.174. The van der Waals surface area contributed by atoms with Crippen molar-refractivity contribution in [2.45, 2.75) is 0 Å². The highest BCUT2D eigenvalue weighted by Gasteiger charge is 2.13. The third-order valence-corrected chi connectivity index (χ3v) is 3.32. The highest BCUT2D eigenvalue weighted by atomic mass is 35.5. The molecule has 0 saturated carbocycles. The van der Waals surface area contributed by atoms with Gasteiger partial charge in [-0.15, -0.1) is 0 Å². The van der Waals surface area contributed by atoms with Crippen LogP contribution in [0.2, 0.25) is 5.02 Å². The Balaban J connectivity index is 2.02. The zero-order valence-corrected chi connectivity index (χ0v) is 11.2. The molecule has 1 aliphatic rings. The predicted octanol–water partition coefficient (Wildman–Crippen LogP) is 4.13. The van der Waals surface area contributed by atoms with Crippen LogP contribution in [0.25, 0.3) is 11.6 Å². The van der Waals surface area contributed by atoms with Gasteiger partial charge >= 0.3 is 0 Å². The molecule has 20 heavy (non-hydrogen) atoms. The van der Waals surface area contributed by atoms with Gasteiger partial charge in [-0.3, -0.25) is 0 Å². The zero-order chi connectivity index (χ0) is 13.9. The fraction of sp³-hybridized carbons (Fsp3) is 0.0625. The van der Waals surface area contributed by atoms with Crippen molar-refractivity contribution < 1.29 is 9.47 Å². The second kappa shape index (κ2) is 5.28. The number of hydrogen-bond acceptors (Lipinski definition) is 3. The van der Waals surface area contributed by atoms with E-state index in [0.29, 0.717) is 21.9 Å². The molecule has 0 unspecified atom stereocenters. The molecule has 3 nitrogen and oxygen atoms in total. The number of benzene rings is 2. The van der Waals surface area contributed by atoms with Crippen molar-refractivity contribution in [1.29, 1.82) is 5.26 Å². The molecule has 4 heteroatoms. The first kappa shape index (κ1) is 12.6. The lowest BCUT2D eigenvalue weighted by atomic mass is 10.0. The molecular formula is C16H10ClNO2. The van der Waals surface area contributed by atoms with E-state index in [1.807, 2.05) is 36.4 Å². The number of nitriles is 1. The summed E-state index contributed by atoms with van der Waals surface area (Å²) in [5, 5.41) is 9.88. The lowest BCUT2D eigenvalue weighted by Gasteiger charge is -2.03. The van der Waals surface area contributed by atoms with Gasteiger partial charge in [0.2, 0.25) is 6.79 Å². The molecule has 0 fully saturated rings. The number of halogens is 1. The summed E-state index contributed by atoms with van der Waals surface area (Å²) in [6.07, 6.45) is 1.78. The van der Waals surface area contributed by atoms with Crippen LogP contribution in [0.5, 0.6) is 11.5 Å². The number of nitrogens with zero attached hydrogens (tertiary/aromatic N) is 1. The molecule has 2 aromatic rings. The average molecular weight is 284 g/mol. The van der Waals surface area contributed by atoms with Crippen LogP contribution in [0.4, 0.5) is 0 Å². The van der Waals surface area contributed by atoms with Crippen LogP contribution >= 0.6 is 11.6 Å². The fourth-order valence-corrected chi connectivity index (χ4v) is 2.26. The summed E-state index contributed by atoms with van der Waals surface area (Å²) in [4.78, 5) is 0. The highest BCUT2D eigenvalue weighted by molar-refractivity contribution is 6.32. The van der Waals surface area contributed by atoms with E-state index in [-0.39, 0.29) is 6.79 Å². The van der Waals surface area contributed by atoms with Crippen LogP contribution in [-0.2, 0) is 0 Å². The normalized spacial score (nSPS) is 13.1. The van der Waals surface area contributed by atoms with E-state index in [1.165, 1.54) is 0 Å². The molecular weight excluding hydrogens is 274 g/mol. The minimum atomic E-state index is 0.234. The quantitative estimate of drug-likeness (QED) is 0.615. The molecule has 0 atom stereocenters. The molecule has 0 aromatic heterocycles. The van der Waals surface area contributed by atoms with Crippen molar-refractivity contribution in [3.63, 3.8) is 0 Å². The topological polar surface area (TPSA) is 42.2 Å². The maximum absolute atomic E-state index is 9.33. The molecule has 2 aromatic carbocycles. The molecule has 0 aliphatic carbocycles. The maximum atomic E-state index is 9.33. The Labute approximate surface area is 121 Å². The molecule has 1 aliphatic heterocycles. The van der Waals surface area contributed by atoms with Crippen LogP contribution in [0, 0.1) is 11.3 Å². The van der Waals surface area contributed by atoms with Crippen molar-refractivity contribution in [3.05, 3.63) is 58.6 Å². The standard InChI is InChI=1S/C16H10ClNO2/c17-14-4-2-1-3-13(14)12(9-18)7-11-5-6-15-16(8-11)20-10-19-15/h1-8H,10H2/b12-7-. The summed E-state index contributed by atoms with van der Waals surface area (Å²) in [5.74, 6) is 1.41. The Morgan fingerprint density at radius 2 is 1.95 bits per heavy atom. The van der Waals surface area contributed by atoms with E-state index < -0.39 is 0 Å². The van der Waals surface area contributed by atoms with Gasteiger partial charge in [-0.2, -0.15) is 5.26 Å². The van der Waals surface area contributed by atoms with Crippen LogP contribution in [0.15, 0.2) is 42.5 Å². The van der Waals surface area contributed by atoms with Crippen LogP contribution in [-0.4, -0.2) is 6.79 Å². The zero-order valence-electron chi connectivity index (χ0n) is 10.5. The van der Waals surface area contributed by atoms with Crippen molar-refractivity contribution in [2.75, 3.05) is 6.79 Å². The van der Waals surface area contributed by atoms with E-state index in [4.69, 9.17) is 21.1 Å². The molecule has 0 spiro atoms. The van der Waals surface area contributed by atoms with E-state index >= 15 is 0 Å². The Morgan fingerprint density at radius 3 is 2.75 bits per heavy atom. The van der Waals surface area contributed by atoms with Crippen molar-refractivity contribution in [1.82, 2.24) is 0 Å². The summed E-state index contributed by atoms with van der Waals surface area (Å²) in [5.41, 5.74) is 2.09. The molecule has 0 radical (unpaired) electrons. The monoisotopic (exact) mass is 283 g/mol. The molecule has 0 saturated heterocycles. The Kier molecular flexibility index (Phi) is 3.32. The maximum Gasteiger partial charge on any atom is 0.231 e. The number of fused-ring (bicyclic) bond motifs is 1. The first-order valence-electron chi connectivity index (χ1n) is 6.04. The van der Waals surface area contributed by atoms with Gasteiger partial charge < -0.3 is 9.47 Å². The van der Waals surface area contributed by atoms with E-state index in [1.54, 1.807) is 12.1 Å². The molecule has 3 rings (SSSR count). The third kappa shape index (κ3) is 2.34. The minimum Gasteiger partial charge on any atom is -0.454 e. The van der Waals surface area contributed by atoms with Crippen molar-refractivity contribution in [3.8, 4) is 17.6 Å². The lowest BCUT2D eigenvalue weighted by Crippen LogP contribution is -1.92. The fourth-order valence-electron chi connectivity index (χ4n) is 2.02. The highest BCUT2D eigenvalue weighted by Crippen LogP contribution is 2.34. The van der Waals surface area contributed by atoms with Crippen molar-refractivity contribution >= 4 is 23.3 Å². The molecule has 0 amide bonds. The summed E-state index contributed by atoms with van der Waals surface area (Å²) in [7, 11) is 0. The molecule has 98 valence electrons. The van der Waals surface area contributed by atoms with Crippen LogP contribution < -0.4 is 9.47 Å². The first-order valence-corrected chi connectivity index (χ1v) is 6.42. The summed E-state index contributed by atoms with van der Waals surface area (Å²) >= 11 is 6.12. The van der Waals surface area contributed by atoms with Gasteiger partial charge in [-0.25, -0.2) is 0 Å². The van der Waals surface area contributed by atoms with Gasteiger partial charge in [0.25, 0.3) is 0 Å². The smallest absolute Gasteiger partial charge is 0.231 e. The SMILES string of the molecule is N#C/C(=C/c1ccc2c(c1)OCO2)c1ccccc1Cl. The largest absolute Gasteiger partial charge is 0.454 e. The van der Waals surface area contributed by atoms with Gasteiger partial charge in [0.1, 0.15) is 0 Å². The number of hydrogen-bond donors (Lipinski definition) is 0. The van der Waals surface area contributed by atoms with E-state index in [0.717, 1.165) is 11.3 Å². The van der Waals surface area contributed by atoms with Gasteiger partial charge in [0, 0.05) is 10.6 Å². The summed E-state index contributed by atoms with van der Waals surface area (Å²) in [6.45, 7) is 0.234. The Hall–Kier alpha value is -2.44. The van der Waals surface area contributed by atoms with Crippen LogP contribution in [0.1, 0.15) is 11.1 Å². The van der Waals surface area contributed by atoms with Gasteiger partial charge in [-0.1, -0.05) is 35.9 Å². The van der Waals surface area contributed by atoms with Gasteiger partial charge in [0.15, 0.2) is 11.5 Å². The molecule has 0 bridgehead atoms. The second-order valence-corrected chi connectivity index (χ2v) is 4.67. The second-order valence-electron chi connectivity index (χ2n) is 4.26. The molecule has 1 heterocycles. The summed E-state index contributed by atoms with van der Waals surface area (Å²) < 4.78 is 10.6. The Morgan fingerprint density at radius 1 is 1.15 bits per heavy atom.